The minimum Gasteiger partial charge on any atom is -0.459 e. The summed E-state index contributed by atoms with van der Waals surface area (Å²) in [6.07, 6.45) is 0.888. The maximum atomic E-state index is 11.6. The zero-order chi connectivity index (χ0) is 13.8. The normalized spacial score (nSPS) is 12.5. The summed E-state index contributed by atoms with van der Waals surface area (Å²) in [7, 11) is 0. The van der Waals surface area contributed by atoms with Crippen molar-refractivity contribution in [2.24, 2.45) is 5.73 Å². The van der Waals surface area contributed by atoms with Crippen LogP contribution in [-0.4, -0.2) is 17.6 Å². The van der Waals surface area contributed by atoms with Gasteiger partial charge in [-0.25, -0.2) is 0 Å². The minimum absolute atomic E-state index is 0. The molecule has 0 saturated heterocycles. The first-order valence-electron chi connectivity index (χ1n) is 6.00. The summed E-state index contributed by atoms with van der Waals surface area (Å²) >= 11 is 5.83. The second kappa shape index (κ2) is 7.78. The van der Waals surface area contributed by atoms with E-state index in [1.165, 1.54) is 0 Å². The topological polar surface area (TPSA) is 52.3 Å². The molecule has 0 saturated carbocycles. The maximum absolute atomic E-state index is 11.6. The van der Waals surface area contributed by atoms with Crippen molar-refractivity contribution in [1.29, 1.82) is 0 Å². The van der Waals surface area contributed by atoms with Gasteiger partial charge in [0.15, 0.2) is 0 Å². The van der Waals surface area contributed by atoms with Crippen LogP contribution >= 0.6 is 25.1 Å². The van der Waals surface area contributed by atoms with Crippen LogP contribution in [0.3, 0.4) is 0 Å². The average Bonchev–Trinajstić information content (AvgIpc) is 2.18. The van der Waals surface area contributed by atoms with E-state index in [-0.39, 0.29) is 31.9 Å². The first-order chi connectivity index (χ1) is 8.28. The molecule has 0 aliphatic carbocycles. The molecule has 0 spiro atoms. The molecule has 1 aromatic rings. The van der Waals surface area contributed by atoms with Crippen LogP contribution in [0.1, 0.15) is 32.8 Å². The quantitative estimate of drug-likeness (QED) is 0.851. The van der Waals surface area contributed by atoms with Gasteiger partial charge in [-0.05, 0) is 38.5 Å². The highest BCUT2D eigenvalue weighted by atomic mass is 35.5. The predicted octanol–water partition coefficient (Wildman–Crippen LogP) is 3.05. The molecule has 0 amide bonds. The molecule has 1 atom stereocenters. The van der Waals surface area contributed by atoms with Crippen LogP contribution in [0.4, 0.5) is 0 Å². The van der Waals surface area contributed by atoms with Crippen molar-refractivity contribution in [2.45, 2.75) is 45.3 Å². The number of halogens is 1. The Balaban J connectivity index is 0.00000324. The first kappa shape index (κ1) is 18.3. The van der Waals surface area contributed by atoms with Crippen LogP contribution in [0.15, 0.2) is 24.3 Å². The van der Waals surface area contributed by atoms with Crippen LogP contribution in [0.5, 0.6) is 0 Å². The van der Waals surface area contributed by atoms with E-state index in [1.807, 2.05) is 38.1 Å². The lowest BCUT2D eigenvalue weighted by Crippen LogP contribution is -2.33. The molecule has 19 heavy (non-hydrogen) atoms. The van der Waals surface area contributed by atoms with E-state index in [9.17, 15) is 4.79 Å². The number of ether oxygens (including phenoxy) is 1. The Hall–Kier alpha value is -0.710. The highest BCUT2D eigenvalue weighted by Crippen LogP contribution is 2.19. The van der Waals surface area contributed by atoms with Gasteiger partial charge >= 0.3 is 5.97 Å². The number of esters is 1. The van der Waals surface area contributed by atoms with Crippen LogP contribution in [-0.2, 0) is 16.0 Å². The van der Waals surface area contributed by atoms with Crippen molar-refractivity contribution in [2.75, 3.05) is 0 Å². The summed E-state index contributed by atoms with van der Waals surface area (Å²) in [5.41, 5.74) is 6.11. The zero-order valence-corrected chi connectivity index (χ0v) is 13.3. The molecule has 1 rings (SSSR count). The van der Waals surface area contributed by atoms with E-state index in [0.29, 0.717) is 11.4 Å². The van der Waals surface area contributed by atoms with E-state index in [2.05, 4.69) is 0 Å². The van der Waals surface area contributed by atoms with Gasteiger partial charge in [-0.15, -0.1) is 0 Å². The fourth-order valence-electron chi connectivity index (χ4n) is 1.74. The van der Waals surface area contributed by atoms with Crippen LogP contribution in [0.2, 0.25) is 5.02 Å². The summed E-state index contributed by atoms with van der Waals surface area (Å²) in [5, 5.41) is 0.700. The molecule has 0 fully saturated rings. The van der Waals surface area contributed by atoms with Crippen molar-refractivity contribution < 1.29 is 9.53 Å². The Kier molecular flexibility index (Phi) is 7.49. The van der Waals surface area contributed by atoms with Gasteiger partial charge in [0.1, 0.15) is 5.60 Å². The average molecular weight is 304 g/mol. The molecule has 2 N–H and O–H groups in total. The monoisotopic (exact) mass is 303 g/mol. The molecule has 0 aliphatic rings. The molecule has 0 aliphatic heterocycles. The van der Waals surface area contributed by atoms with Gasteiger partial charge in [-0.3, -0.25) is 4.79 Å². The SMILES string of the molecule is C[C@H](N)CC(=O)OC(C)(C)Cc1ccc(Cl)cc1.S. The summed E-state index contributed by atoms with van der Waals surface area (Å²) in [5.74, 6) is -0.260. The van der Waals surface area contributed by atoms with E-state index in [1.54, 1.807) is 6.92 Å². The lowest BCUT2D eigenvalue weighted by atomic mass is 9.98. The van der Waals surface area contributed by atoms with Gasteiger partial charge in [0.2, 0.25) is 0 Å². The van der Waals surface area contributed by atoms with E-state index in [0.717, 1.165) is 5.56 Å². The number of hydrogen-bond donors (Lipinski definition) is 1. The van der Waals surface area contributed by atoms with Crippen LogP contribution in [0.25, 0.3) is 0 Å². The second-order valence-corrected chi connectivity index (χ2v) is 5.65. The molecular weight excluding hydrogens is 282 g/mol. The Morgan fingerprint density at radius 3 is 2.37 bits per heavy atom. The smallest absolute Gasteiger partial charge is 0.307 e. The van der Waals surface area contributed by atoms with Crippen molar-refractivity contribution in [3.63, 3.8) is 0 Å². The molecule has 3 nitrogen and oxygen atoms in total. The number of benzene rings is 1. The number of carbonyl (C=O) groups is 1. The summed E-state index contributed by atoms with van der Waals surface area (Å²) in [6, 6.07) is 7.35. The van der Waals surface area contributed by atoms with E-state index >= 15 is 0 Å². The molecule has 0 heterocycles. The second-order valence-electron chi connectivity index (χ2n) is 5.22. The summed E-state index contributed by atoms with van der Waals surface area (Å²) in [6.45, 7) is 5.56. The molecule has 5 heteroatoms. The molecule has 1 aromatic carbocycles. The van der Waals surface area contributed by atoms with Gasteiger partial charge in [-0.1, -0.05) is 23.7 Å². The minimum atomic E-state index is -0.542. The standard InChI is InChI=1S/C14H20ClNO2.H2S/c1-10(16)8-13(17)18-14(2,3)9-11-4-6-12(15)7-5-11;/h4-7,10H,8-9,16H2,1-3H3;1H2/t10-;/m0./s1. The predicted molar refractivity (Wildman–Crippen MR) is 84.0 cm³/mol. The molecule has 0 bridgehead atoms. The molecule has 0 radical (unpaired) electrons. The molecular formula is C14H22ClNO2S. The van der Waals surface area contributed by atoms with Gasteiger partial charge in [-0.2, -0.15) is 13.5 Å². The Morgan fingerprint density at radius 2 is 1.89 bits per heavy atom. The number of nitrogens with two attached hydrogens (primary N) is 1. The third-order valence-corrected chi connectivity index (χ3v) is 2.67. The summed E-state index contributed by atoms with van der Waals surface area (Å²) in [4.78, 5) is 11.6. The summed E-state index contributed by atoms with van der Waals surface area (Å²) < 4.78 is 5.43. The molecule has 0 aromatic heterocycles. The first-order valence-corrected chi connectivity index (χ1v) is 6.38. The highest BCUT2D eigenvalue weighted by Gasteiger charge is 2.23. The number of carbonyl (C=O) groups excluding carboxylic acids is 1. The largest absolute Gasteiger partial charge is 0.459 e. The number of hydrogen-bond acceptors (Lipinski definition) is 3. The highest BCUT2D eigenvalue weighted by molar-refractivity contribution is 7.59. The van der Waals surface area contributed by atoms with Crippen molar-refractivity contribution in [3.05, 3.63) is 34.9 Å². The Morgan fingerprint density at radius 1 is 1.37 bits per heavy atom. The van der Waals surface area contributed by atoms with Crippen molar-refractivity contribution in [3.8, 4) is 0 Å². The maximum Gasteiger partial charge on any atom is 0.307 e. The van der Waals surface area contributed by atoms with Gasteiger partial charge in [0.25, 0.3) is 0 Å². The molecule has 108 valence electrons. The van der Waals surface area contributed by atoms with Gasteiger partial charge in [0.05, 0.1) is 6.42 Å². The van der Waals surface area contributed by atoms with Crippen LogP contribution < -0.4 is 5.73 Å². The lowest BCUT2D eigenvalue weighted by Gasteiger charge is -2.25. The zero-order valence-electron chi connectivity index (χ0n) is 11.6. The lowest BCUT2D eigenvalue weighted by molar-refractivity contribution is -0.156. The Labute approximate surface area is 126 Å². The van der Waals surface area contributed by atoms with Crippen molar-refractivity contribution in [1.82, 2.24) is 0 Å². The fourth-order valence-corrected chi connectivity index (χ4v) is 1.87. The fraction of sp³-hybridized carbons (Fsp3) is 0.500. The number of rotatable bonds is 5. The van der Waals surface area contributed by atoms with E-state index in [4.69, 9.17) is 22.1 Å². The van der Waals surface area contributed by atoms with Crippen molar-refractivity contribution >= 4 is 31.1 Å². The molecule has 0 unspecified atom stereocenters. The third kappa shape index (κ3) is 7.45. The third-order valence-electron chi connectivity index (χ3n) is 2.42. The Bertz CT molecular complexity index is 404. The van der Waals surface area contributed by atoms with Gasteiger partial charge in [0, 0.05) is 17.5 Å². The van der Waals surface area contributed by atoms with Gasteiger partial charge < -0.3 is 10.5 Å². The van der Waals surface area contributed by atoms with Crippen LogP contribution in [0, 0.1) is 0 Å². The van der Waals surface area contributed by atoms with E-state index < -0.39 is 5.60 Å².